The summed E-state index contributed by atoms with van der Waals surface area (Å²) in [5.41, 5.74) is 5.63. The fourth-order valence-electron chi connectivity index (χ4n) is 2.34. The lowest BCUT2D eigenvalue weighted by Gasteiger charge is -2.23. The second-order valence-corrected chi connectivity index (χ2v) is 5.72. The molecule has 0 spiro atoms. The van der Waals surface area contributed by atoms with Crippen molar-refractivity contribution in [2.75, 3.05) is 11.9 Å². The van der Waals surface area contributed by atoms with Gasteiger partial charge in [-0.1, -0.05) is 30.3 Å². The molecule has 0 aliphatic carbocycles. The Labute approximate surface area is 143 Å². The zero-order valence-electron chi connectivity index (χ0n) is 13.8. The van der Waals surface area contributed by atoms with Crippen molar-refractivity contribution in [3.63, 3.8) is 0 Å². The van der Waals surface area contributed by atoms with E-state index in [0.717, 1.165) is 27.5 Å². The summed E-state index contributed by atoms with van der Waals surface area (Å²) in [5.74, 6) is 0. The maximum absolute atomic E-state index is 5.99. The topological polar surface area (TPSA) is 15.6 Å². The van der Waals surface area contributed by atoms with Crippen molar-refractivity contribution in [1.29, 1.82) is 0 Å². The molecule has 0 aromatic heterocycles. The zero-order chi connectivity index (χ0) is 16.8. The molecule has 23 heavy (non-hydrogen) atoms. The molecule has 118 valence electrons. The van der Waals surface area contributed by atoms with Gasteiger partial charge in [0, 0.05) is 35.9 Å². The van der Waals surface area contributed by atoms with Gasteiger partial charge in [-0.25, -0.2) is 0 Å². The second-order valence-electron chi connectivity index (χ2n) is 5.29. The van der Waals surface area contributed by atoms with Crippen LogP contribution in [0.25, 0.3) is 5.57 Å². The van der Waals surface area contributed by atoms with Crippen molar-refractivity contribution in [2.45, 2.75) is 13.8 Å². The second kappa shape index (κ2) is 7.80. The summed E-state index contributed by atoms with van der Waals surface area (Å²) in [6.07, 6.45) is 5.64. The number of hydrogen-bond donors (Lipinski definition) is 0. The molecule has 0 heterocycles. The highest BCUT2D eigenvalue weighted by Crippen LogP contribution is 2.32. The first-order valence-corrected chi connectivity index (χ1v) is 7.82. The Morgan fingerprint density at radius 2 is 1.87 bits per heavy atom. The molecule has 2 aromatic rings. The van der Waals surface area contributed by atoms with Gasteiger partial charge in [-0.05, 0) is 67.0 Å². The van der Waals surface area contributed by atoms with Crippen molar-refractivity contribution >= 4 is 34.8 Å². The summed E-state index contributed by atoms with van der Waals surface area (Å²) < 4.78 is 0. The van der Waals surface area contributed by atoms with Crippen LogP contribution in [0.4, 0.5) is 11.4 Å². The Bertz CT molecular complexity index is 743. The van der Waals surface area contributed by atoms with Crippen molar-refractivity contribution in [3.05, 3.63) is 77.5 Å². The van der Waals surface area contributed by atoms with E-state index in [1.807, 2.05) is 36.5 Å². The van der Waals surface area contributed by atoms with Crippen LogP contribution in [0, 0.1) is 6.92 Å². The van der Waals surface area contributed by atoms with Crippen LogP contribution in [0.5, 0.6) is 0 Å². The highest BCUT2D eigenvalue weighted by Gasteiger charge is 2.10. The molecule has 0 fully saturated rings. The summed E-state index contributed by atoms with van der Waals surface area (Å²) in [4.78, 5) is 6.07. The number of aryl methyl sites for hydroxylation is 1. The van der Waals surface area contributed by atoms with Crippen LogP contribution in [-0.4, -0.2) is 13.3 Å². The first-order chi connectivity index (χ1) is 11.1. The summed E-state index contributed by atoms with van der Waals surface area (Å²) in [6.45, 7) is 8.13. The quantitative estimate of drug-likeness (QED) is 0.613. The molecular formula is C20H21ClN2. The van der Waals surface area contributed by atoms with Gasteiger partial charge in [-0.2, -0.15) is 0 Å². The summed E-state index contributed by atoms with van der Waals surface area (Å²) in [5, 5.41) is 0.723. The standard InChI is InChI=1S/C20H21ClN2/c1-5-23(19-10-8-18(21)9-11-19)20-14-17(7-6-16(20)3)15(2)12-13-22-4/h5-14H,1H2,2-4H3/b15-12+,22-13?. The van der Waals surface area contributed by atoms with Crippen molar-refractivity contribution < 1.29 is 0 Å². The van der Waals surface area contributed by atoms with E-state index in [4.69, 9.17) is 11.6 Å². The van der Waals surface area contributed by atoms with Crippen LogP contribution in [0.1, 0.15) is 18.1 Å². The lowest BCUT2D eigenvalue weighted by Crippen LogP contribution is -2.09. The van der Waals surface area contributed by atoms with Gasteiger partial charge in [0.05, 0.1) is 0 Å². The molecule has 0 N–H and O–H groups in total. The summed E-state index contributed by atoms with van der Waals surface area (Å²) >= 11 is 5.99. The number of benzene rings is 2. The van der Waals surface area contributed by atoms with E-state index in [1.165, 1.54) is 5.56 Å². The van der Waals surface area contributed by atoms with Crippen LogP contribution in [-0.2, 0) is 0 Å². The Balaban J connectivity index is 2.47. The maximum atomic E-state index is 5.99. The normalized spacial score (nSPS) is 11.7. The van der Waals surface area contributed by atoms with Gasteiger partial charge in [0.25, 0.3) is 0 Å². The van der Waals surface area contributed by atoms with Crippen LogP contribution in [0.2, 0.25) is 5.02 Å². The van der Waals surface area contributed by atoms with Gasteiger partial charge in [0.15, 0.2) is 0 Å². The van der Waals surface area contributed by atoms with Crippen molar-refractivity contribution in [1.82, 2.24) is 0 Å². The predicted octanol–water partition coefficient (Wildman–Crippen LogP) is 6.03. The highest BCUT2D eigenvalue weighted by atomic mass is 35.5. The smallest absolute Gasteiger partial charge is 0.0490 e. The Hall–Kier alpha value is -2.32. The number of rotatable bonds is 5. The number of anilines is 2. The van der Waals surface area contributed by atoms with Crippen LogP contribution in [0.3, 0.4) is 0 Å². The molecule has 2 aromatic carbocycles. The molecule has 0 bridgehead atoms. The fraction of sp³-hybridized carbons (Fsp3) is 0.150. The van der Waals surface area contributed by atoms with Crippen molar-refractivity contribution in [3.8, 4) is 0 Å². The third kappa shape index (κ3) is 4.11. The largest absolute Gasteiger partial charge is 0.317 e. The van der Waals surface area contributed by atoms with Gasteiger partial charge >= 0.3 is 0 Å². The van der Waals surface area contributed by atoms with E-state index >= 15 is 0 Å². The Morgan fingerprint density at radius 1 is 1.17 bits per heavy atom. The molecular weight excluding hydrogens is 304 g/mol. The lowest BCUT2D eigenvalue weighted by atomic mass is 10.0. The molecule has 0 atom stereocenters. The average Bonchev–Trinajstić information content (AvgIpc) is 2.56. The minimum atomic E-state index is 0.723. The van der Waals surface area contributed by atoms with Gasteiger partial charge in [0.1, 0.15) is 0 Å². The third-order valence-electron chi connectivity index (χ3n) is 3.68. The monoisotopic (exact) mass is 324 g/mol. The number of aliphatic imine (C=N–C) groups is 1. The van der Waals surface area contributed by atoms with Crippen molar-refractivity contribution in [2.24, 2.45) is 4.99 Å². The molecule has 2 nitrogen and oxygen atoms in total. The fourth-order valence-corrected chi connectivity index (χ4v) is 2.47. The SMILES string of the molecule is C=CN(c1ccc(Cl)cc1)c1cc(/C(C)=C/C=NC)ccc1C. The van der Waals surface area contributed by atoms with E-state index < -0.39 is 0 Å². The molecule has 0 unspecified atom stereocenters. The third-order valence-corrected chi connectivity index (χ3v) is 3.94. The van der Waals surface area contributed by atoms with Gasteiger partial charge < -0.3 is 4.90 Å². The zero-order valence-corrected chi connectivity index (χ0v) is 14.5. The molecule has 0 aliphatic heterocycles. The minimum Gasteiger partial charge on any atom is -0.317 e. The maximum Gasteiger partial charge on any atom is 0.0490 e. The first-order valence-electron chi connectivity index (χ1n) is 7.44. The van der Waals surface area contributed by atoms with E-state index in [-0.39, 0.29) is 0 Å². The Morgan fingerprint density at radius 3 is 2.48 bits per heavy atom. The molecule has 0 radical (unpaired) electrons. The predicted molar refractivity (Wildman–Crippen MR) is 103 cm³/mol. The van der Waals surface area contributed by atoms with Gasteiger partial charge in [-0.15, -0.1) is 0 Å². The van der Waals surface area contributed by atoms with Gasteiger partial charge in [0.2, 0.25) is 0 Å². The summed E-state index contributed by atoms with van der Waals surface area (Å²) in [7, 11) is 1.77. The van der Waals surface area contributed by atoms with E-state index in [2.05, 4.69) is 48.5 Å². The molecule has 0 saturated carbocycles. The number of halogens is 1. The highest BCUT2D eigenvalue weighted by molar-refractivity contribution is 6.30. The lowest BCUT2D eigenvalue weighted by molar-refractivity contribution is 1.25. The molecule has 3 heteroatoms. The molecule has 0 amide bonds. The van der Waals surface area contributed by atoms with E-state index in [9.17, 15) is 0 Å². The van der Waals surface area contributed by atoms with E-state index in [0.29, 0.717) is 0 Å². The molecule has 0 aliphatic rings. The first kappa shape index (κ1) is 17.0. The minimum absolute atomic E-state index is 0.723. The van der Waals surface area contributed by atoms with Crippen LogP contribution in [0.15, 0.2) is 66.3 Å². The van der Waals surface area contributed by atoms with Crippen LogP contribution >= 0.6 is 11.6 Å². The number of hydrogen-bond acceptors (Lipinski definition) is 2. The summed E-state index contributed by atoms with van der Waals surface area (Å²) in [6, 6.07) is 14.2. The average molecular weight is 325 g/mol. The molecule has 0 saturated heterocycles. The van der Waals surface area contributed by atoms with E-state index in [1.54, 1.807) is 13.3 Å². The van der Waals surface area contributed by atoms with Crippen LogP contribution < -0.4 is 4.90 Å². The number of allylic oxidation sites excluding steroid dienone is 2. The Kier molecular flexibility index (Phi) is 5.78. The molecule has 2 rings (SSSR count). The van der Waals surface area contributed by atoms with Gasteiger partial charge in [-0.3, -0.25) is 4.99 Å². The number of nitrogens with zero attached hydrogens (tertiary/aromatic N) is 2.